The Morgan fingerprint density at radius 1 is 1.18 bits per heavy atom. The predicted molar refractivity (Wildman–Crippen MR) is 107 cm³/mol. The van der Waals surface area contributed by atoms with E-state index < -0.39 is 0 Å². The summed E-state index contributed by atoms with van der Waals surface area (Å²) in [6, 6.07) is 5.85. The molecule has 10 heteroatoms. The Bertz CT molecular complexity index is 804. The first kappa shape index (κ1) is 20.1. The predicted octanol–water partition coefficient (Wildman–Crippen LogP) is 0.552. The highest BCUT2D eigenvalue weighted by Crippen LogP contribution is 2.19. The molecule has 0 atom stereocenters. The van der Waals surface area contributed by atoms with Gasteiger partial charge in [-0.15, -0.1) is 10.2 Å². The van der Waals surface area contributed by atoms with Gasteiger partial charge in [0.1, 0.15) is 11.6 Å². The summed E-state index contributed by atoms with van der Waals surface area (Å²) >= 11 is 1.38. The van der Waals surface area contributed by atoms with Crippen molar-refractivity contribution in [2.75, 3.05) is 36.8 Å². The maximum Gasteiger partial charge on any atom is 0.233 e. The Kier molecular flexibility index (Phi) is 6.85. The van der Waals surface area contributed by atoms with Gasteiger partial charge in [0, 0.05) is 51.8 Å². The lowest BCUT2D eigenvalue weighted by atomic mass is 10.3. The average molecular weight is 404 g/mol. The van der Waals surface area contributed by atoms with E-state index in [1.807, 2.05) is 34.6 Å². The molecule has 0 aliphatic carbocycles. The summed E-state index contributed by atoms with van der Waals surface area (Å²) in [5.74, 6) is 1.72. The number of primary amides is 1. The number of aromatic nitrogens is 4. The molecule has 0 unspecified atom stereocenters. The molecule has 2 aromatic heterocycles. The number of nitrogens with two attached hydrogens (primary N) is 1. The number of piperazine rings is 1. The number of anilines is 1. The molecule has 1 aliphatic rings. The minimum absolute atomic E-state index is 0.0926. The molecule has 2 amide bonds. The van der Waals surface area contributed by atoms with E-state index in [0.717, 1.165) is 24.7 Å². The molecular formula is C18H25N7O2S. The Hall–Kier alpha value is -2.62. The quantitative estimate of drug-likeness (QED) is 0.641. The van der Waals surface area contributed by atoms with Crippen molar-refractivity contribution in [2.45, 2.75) is 31.5 Å². The molecule has 2 N–H and O–H groups in total. The fourth-order valence-corrected chi connectivity index (χ4v) is 4.03. The molecule has 0 bridgehead atoms. The number of rotatable bonds is 8. The van der Waals surface area contributed by atoms with E-state index in [2.05, 4.69) is 20.1 Å². The minimum Gasteiger partial charge on any atom is -0.370 e. The van der Waals surface area contributed by atoms with Gasteiger partial charge in [-0.3, -0.25) is 9.59 Å². The van der Waals surface area contributed by atoms with Crippen LogP contribution < -0.4 is 10.6 Å². The number of carbonyl (C=O) groups is 2. The van der Waals surface area contributed by atoms with Crippen LogP contribution in [0, 0.1) is 0 Å². The second-order valence-electron chi connectivity index (χ2n) is 6.45. The van der Waals surface area contributed by atoms with Gasteiger partial charge in [-0.05, 0) is 19.1 Å². The zero-order valence-electron chi connectivity index (χ0n) is 16.0. The molecule has 0 saturated carbocycles. The van der Waals surface area contributed by atoms with E-state index in [0.29, 0.717) is 37.0 Å². The first-order chi connectivity index (χ1) is 13.6. The van der Waals surface area contributed by atoms with E-state index in [9.17, 15) is 9.59 Å². The Labute approximate surface area is 168 Å². The van der Waals surface area contributed by atoms with Crippen LogP contribution in [-0.4, -0.2) is 68.4 Å². The second-order valence-corrected chi connectivity index (χ2v) is 7.40. The van der Waals surface area contributed by atoms with Gasteiger partial charge in [0.2, 0.25) is 11.8 Å². The summed E-state index contributed by atoms with van der Waals surface area (Å²) in [7, 11) is 0. The van der Waals surface area contributed by atoms with Crippen molar-refractivity contribution in [2.24, 2.45) is 5.73 Å². The van der Waals surface area contributed by atoms with Gasteiger partial charge in [0.15, 0.2) is 5.16 Å². The van der Waals surface area contributed by atoms with Gasteiger partial charge in [-0.25, -0.2) is 4.98 Å². The molecule has 0 aromatic carbocycles. The van der Waals surface area contributed by atoms with Crippen LogP contribution >= 0.6 is 11.8 Å². The lowest BCUT2D eigenvalue weighted by Crippen LogP contribution is -2.49. The van der Waals surface area contributed by atoms with E-state index in [4.69, 9.17) is 5.73 Å². The Balaban J connectivity index is 1.50. The SMILES string of the molecule is CCn1c(CCC(N)=O)nnc1SCC(=O)N1CCN(c2ccccn2)CC1. The third-order valence-corrected chi connectivity index (χ3v) is 5.59. The standard InChI is InChI=1S/C18H25N7O2S/c1-2-25-16(7-6-14(19)26)21-22-18(25)28-13-17(27)24-11-9-23(10-12-24)15-5-3-4-8-20-15/h3-5,8H,2,6-7,9-13H2,1H3,(H2,19,26). The van der Waals surface area contributed by atoms with Crippen LogP contribution in [0.4, 0.5) is 5.82 Å². The summed E-state index contributed by atoms with van der Waals surface area (Å²) in [6.45, 7) is 5.58. The monoisotopic (exact) mass is 403 g/mol. The lowest BCUT2D eigenvalue weighted by Gasteiger charge is -2.35. The van der Waals surface area contributed by atoms with Crippen LogP contribution in [0.3, 0.4) is 0 Å². The van der Waals surface area contributed by atoms with Crippen molar-refractivity contribution in [3.05, 3.63) is 30.2 Å². The highest BCUT2D eigenvalue weighted by atomic mass is 32.2. The van der Waals surface area contributed by atoms with Crippen LogP contribution in [0.25, 0.3) is 0 Å². The van der Waals surface area contributed by atoms with Gasteiger partial charge >= 0.3 is 0 Å². The van der Waals surface area contributed by atoms with E-state index >= 15 is 0 Å². The van der Waals surface area contributed by atoms with Gasteiger partial charge in [-0.2, -0.15) is 0 Å². The van der Waals surface area contributed by atoms with Crippen molar-refractivity contribution >= 4 is 29.4 Å². The molecule has 1 fully saturated rings. The van der Waals surface area contributed by atoms with Crippen molar-refractivity contribution in [1.82, 2.24) is 24.6 Å². The van der Waals surface area contributed by atoms with Crippen molar-refractivity contribution in [1.29, 1.82) is 0 Å². The normalized spacial score (nSPS) is 14.3. The van der Waals surface area contributed by atoms with Gasteiger partial charge in [0.05, 0.1) is 5.75 Å². The van der Waals surface area contributed by atoms with Crippen LogP contribution in [0.1, 0.15) is 19.2 Å². The first-order valence-corrected chi connectivity index (χ1v) is 10.3. The van der Waals surface area contributed by atoms with Crippen molar-refractivity contribution in [3.8, 4) is 0 Å². The third kappa shape index (κ3) is 5.00. The van der Waals surface area contributed by atoms with Crippen LogP contribution in [-0.2, 0) is 22.6 Å². The number of carbonyl (C=O) groups excluding carboxylic acids is 2. The number of hydrogen-bond donors (Lipinski definition) is 1. The highest BCUT2D eigenvalue weighted by Gasteiger charge is 2.22. The second kappa shape index (κ2) is 9.54. The average Bonchev–Trinajstić information content (AvgIpc) is 3.13. The number of pyridine rings is 1. The van der Waals surface area contributed by atoms with Crippen LogP contribution in [0.5, 0.6) is 0 Å². The largest absolute Gasteiger partial charge is 0.370 e. The fraction of sp³-hybridized carbons (Fsp3) is 0.500. The number of hydrogen-bond acceptors (Lipinski definition) is 7. The van der Waals surface area contributed by atoms with Crippen LogP contribution in [0.15, 0.2) is 29.6 Å². The van der Waals surface area contributed by atoms with Crippen LogP contribution in [0.2, 0.25) is 0 Å². The van der Waals surface area contributed by atoms with E-state index in [-0.39, 0.29) is 18.2 Å². The molecule has 9 nitrogen and oxygen atoms in total. The molecule has 2 aromatic rings. The van der Waals surface area contributed by atoms with E-state index in [1.54, 1.807) is 6.20 Å². The summed E-state index contributed by atoms with van der Waals surface area (Å²) in [5.41, 5.74) is 5.21. The maximum atomic E-state index is 12.6. The smallest absolute Gasteiger partial charge is 0.233 e. The van der Waals surface area contributed by atoms with Gasteiger partial charge < -0.3 is 20.1 Å². The molecule has 28 heavy (non-hydrogen) atoms. The molecule has 0 radical (unpaired) electrons. The number of amides is 2. The highest BCUT2D eigenvalue weighted by molar-refractivity contribution is 7.99. The first-order valence-electron chi connectivity index (χ1n) is 9.35. The summed E-state index contributed by atoms with van der Waals surface area (Å²) in [4.78, 5) is 32.0. The molecule has 1 aliphatic heterocycles. The molecule has 3 heterocycles. The zero-order chi connectivity index (χ0) is 19.9. The molecular weight excluding hydrogens is 378 g/mol. The molecule has 0 spiro atoms. The van der Waals surface area contributed by atoms with Gasteiger partial charge in [0.25, 0.3) is 0 Å². The lowest BCUT2D eigenvalue weighted by molar-refractivity contribution is -0.128. The van der Waals surface area contributed by atoms with E-state index in [1.165, 1.54) is 11.8 Å². The van der Waals surface area contributed by atoms with Gasteiger partial charge in [-0.1, -0.05) is 17.8 Å². The summed E-state index contributed by atoms with van der Waals surface area (Å²) < 4.78 is 1.93. The summed E-state index contributed by atoms with van der Waals surface area (Å²) in [5, 5.41) is 9.01. The molecule has 3 rings (SSSR count). The third-order valence-electron chi connectivity index (χ3n) is 4.64. The minimum atomic E-state index is -0.361. The number of thioether (sulfide) groups is 1. The maximum absolute atomic E-state index is 12.6. The van der Waals surface area contributed by atoms with Crippen molar-refractivity contribution in [3.63, 3.8) is 0 Å². The Morgan fingerprint density at radius 3 is 2.61 bits per heavy atom. The Morgan fingerprint density at radius 2 is 1.96 bits per heavy atom. The topological polar surface area (TPSA) is 110 Å². The zero-order valence-corrected chi connectivity index (χ0v) is 16.8. The summed E-state index contributed by atoms with van der Waals surface area (Å²) in [6.07, 6.45) is 2.48. The molecule has 150 valence electrons. The number of aryl methyl sites for hydroxylation is 1. The number of nitrogens with zero attached hydrogens (tertiary/aromatic N) is 6. The molecule has 1 saturated heterocycles. The van der Waals surface area contributed by atoms with Crippen molar-refractivity contribution < 1.29 is 9.59 Å². The fourth-order valence-electron chi connectivity index (χ4n) is 3.11.